The lowest BCUT2D eigenvalue weighted by atomic mass is 9.53. The number of unbranched alkanes of at least 4 members (excludes halogenated alkanes) is 5. The van der Waals surface area contributed by atoms with Gasteiger partial charge in [-0.25, -0.2) is 0 Å². The fourth-order valence-corrected chi connectivity index (χ4v) is 8.90. The molecule has 6 rings (SSSR count). The first-order valence-electron chi connectivity index (χ1n) is 15.3. The van der Waals surface area contributed by atoms with Crippen molar-refractivity contribution < 1.29 is 48.6 Å². The Morgan fingerprint density at radius 1 is 1.14 bits per heavy atom. The van der Waals surface area contributed by atoms with Gasteiger partial charge in [0, 0.05) is 30.8 Å². The molecule has 0 aromatic rings. The van der Waals surface area contributed by atoms with Crippen molar-refractivity contribution in [2.24, 2.45) is 17.8 Å². The summed E-state index contributed by atoms with van der Waals surface area (Å²) < 4.78 is 32.5. The second-order valence-corrected chi connectivity index (χ2v) is 13.3. The monoisotopic (exact) mass is 588 g/mol. The van der Waals surface area contributed by atoms with Gasteiger partial charge in [-0.05, 0) is 37.8 Å². The van der Waals surface area contributed by atoms with Crippen LogP contribution >= 0.6 is 0 Å². The van der Waals surface area contributed by atoms with Gasteiger partial charge < -0.3 is 39.0 Å². The smallest absolute Gasteiger partial charge is 0.306 e. The highest BCUT2D eigenvalue weighted by Gasteiger charge is 2.90. The molecular formula is C32H44O10. The van der Waals surface area contributed by atoms with Gasteiger partial charge in [0.15, 0.2) is 17.0 Å². The zero-order valence-corrected chi connectivity index (χ0v) is 25.1. The Kier molecular flexibility index (Phi) is 7.02. The van der Waals surface area contributed by atoms with Crippen LogP contribution < -0.4 is 0 Å². The largest absolute Gasteiger partial charge is 0.459 e. The van der Waals surface area contributed by atoms with Gasteiger partial charge in [-0.3, -0.25) is 9.59 Å². The quantitative estimate of drug-likeness (QED) is 0.151. The lowest BCUT2D eigenvalue weighted by molar-refractivity contribution is -0.407. The van der Waals surface area contributed by atoms with Crippen LogP contribution in [0.3, 0.4) is 0 Å². The van der Waals surface area contributed by atoms with Crippen molar-refractivity contribution in [3.8, 4) is 0 Å². The molecule has 3 saturated heterocycles. The van der Waals surface area contributed by atoms with E-state index < -0.39 is 88.9 Å². The van der Waals surface area contributed by atoms with Crippen molar-refractivity contribution in [2.45, 2.75) is 126 Å². The van der Waals surface area contributed by atoms with Gasteiger partial charge in [0.05, 0.1) is 12.2 Å². The number of hydrogen-bond acceptors (Lipinski definition) is 10. The number of ether oxygens (including phenoxy) is 5. The topological polar surface area (TPSA) is 144 Å². The Morgan fingerprint density at radius 2 is 1.86 bits per heavy atom. The molecule has 3 N–H and O–H groups in total. The number of esters is 1. The molecule has 0 unspecified atom stereocenters. The number of carbonyl (C=O) groups excluding carboxylic acids is 2. The minimum atomic E-state index is -2.37. The van der Waals surface area contributed by atoms with E-state index in [0.29, 0.717) is 5.57 Å². The van der Waals surface area contributed by atoms with Gasteiger partial charge in [0.1, 0.15) is 30.0 Å². The molecular weight excluding hydrogens is 544 g/mol. The van der Waals surface area contributed by atoms with Crippen molar-refractivity contribution in [1.29, 1.82) is 0 Å². The number of aliphatic hydroxyl groups is 3. The minimum Gasteiger partial charge on any atom is -0.459 e. The summed E-state index contributed by atoms with van der Waals surface area (Å²) in [7, 11) is 0. The Labute approximate surface area is 246 Å². The SMILES string of the molecule is C=C(C)[C@@]12O[C@@]3(/C=C/CCCCCCC)O[C@@H]1[C@@H]1[C@@H]4O[C@]4(CO)[C@@H](O)[C@]4(O)C(=O)C(C)=C[C@H]4[C@@]1(O3)[C@H](C)[C@H]2OC(C)=O. The van der Waals surface area contributed by atoms with Crippen LogP contribution in [-0.4, -0.2) is 86.5 Å². The molecule has 3 aliphatic carbocycles. The third-order valence-electron chi connectivity index (χ3n) is 10.9. The van der Waals surface area contributed by atoms with E-state index in [1.807, 2.05) is 13.0 Å². The number of hydrogen-bond donors (Lipinski definition) is 3. The van der Waals surface area contributed by atoms with Crippen molar-refractivity contribution in [3.63, 3.8) is 0 Å². The molecule has 0 aromatic heterocycles. The van der Waals surface area contributed by atoms with E-state index in [4.69, 9.17) is 23.7 Å². The molecule has 42 heavy (non-hydrogen) atoms. The molecule has 3 heterocycles. The fraction of sp³-hybridized carbons (Fsp3) is 0.750. The molecule has 0 amide bonds. The van der Waals surface area contributed by atoms with E-state index in [0.717, 1.165) is 32.1 Å². The van der Waals surface area contributed by atoms with Gasteiger partial charge in [-0.1, -0.05) is 58.3 Å². The number of Topliss-reactive ketones (excluding diaryl/α,β-unsaturated/α-hetero) is 1. The van der Waals surface area contributed by atoms with E-state index >= 15 is 0 Å². The van der Waals surface area contributed by atoms with Crippen LogP contribution in [0.4, 0.5) is 0 Å². The van der Waals surface area contributed by atoms with Crippen molar-refractivity contribution in [3.05, 3.63) is 36.0 Å². The lowest BCUT2D eigenvalue weighted by Crippen LogP contribution is -2.76. The number of allylic oxidation sites excluding steroid dienone is 1. The van der Waals surface area contributed by atoms with Crippen LogP contribution in [0.2, 0.25) is 0 Å². The molecule has 232 valence electrons. The van der Waals surface area contributed by atoms with Gasteiger partial charge in [-0.15, -0.1) is 0 Å². The van der Waals surface area contributed by atoms with E-state index in [1.54, 1.807) is 26.0 Å². The van der Waals surface area contributed by atoms with Crippen LogP contribution in [0.5, 0.6) is 0 Å². The predicted octanol–water partition coefficient (Wildman–Crippen LogP) is 2.63. The average molecular weight is 589 g/mol. The summed E-state index contributed by atoms with van der Waals surface area (Å²) in [6.07, 6.45) is 7.21. The third kappa shape index (κ3) is 3.57. The first-order chi connectivity index (χ1) is 19.8. The molecule has 3 aliphatic heterocycles. The molecule has 12 atom stereocenters. The first kappa shape index (κ1) is 30.1. The first-order valence-corrected chi connectivity index (χ1v) is 15.3. The molecule has 10 nitrogen and oxygen atoms in total. The Balaban J connectivity index is 1.52. The zero-order valence-electron chi connectivity index (χ0n) is 25.1. The number of epoxide rings is 1. The maximum Gasteiger partial charge on any atom is 0.306 e. The fourth-order valence-electron chi connectivity index (χ4n) is 8.90. The van der Waals surface area contributed by atoms with E-state index in [-0.39, 0.29) is 5.57 Å². The summed E-state index contributed by atoms with van der Waals surface area (Å²) in [6, 6.07) is 0. The Hall–Kier alpha value is -1.92. The minimum absolute atomic E-state index is 0.259. The average Bonchev–Trinajstić information content (AvgIpc) is 3.57. The Bertz CT molecular complexity index is 1240. The summed E-state index contributed by atoms with van der Waals surface area (Å²) in [5.74, 6) is -5.45. The van der Waals surface area contributed by atoms with Crippen LogP contribution in [0.15, 0.2) is 36.0 Å². The lowest BCUT2D eigenvalue weighted by Gasteiger charge is -2.61. The van der Waals surface area contributed by atoms with Gasteiger partial charge in [0.25, 0.3) is 0 Å². The molecule has 10 heteroatoms. The van der Waals surface area contributed by atoms with E-state index in [2.05, 4.69) is 13.5 Å². The maximum atomic E-state index is 13.7. The second-order valence-electron chi connectivity index (χ2n) is 13.3. The van der Waals surface area contributed by atoms with Crippen molar-refractivity contribution in [2.75, 3.05) is 6.61 Å². The normalized spacial score (nSPS) is 49.8. The van der Waals surface area contributed by atoms with Crippen LogP contribution in [0.1, 0.15) is 73.1 Å². The second kappa shape index (κ2) is 9.79. The molecule has 5 fully saturated rings. The summed E-state index contributed by atoms with van der Waals surface area (Å²) in [5.41, 5.74) is -6.02. The van der Waals surface area contributed by atoms with Crippen LogP contribution in [-0.2, 0) is 33.3 Å². The third-order valence-corrected chi connectivity index (χ3v) is 10.9. The van der Waals surface area contributed by atoms with E-state index in [9.17, 15) is 24.9 Å². The maximum absolute atomic E-state index is 13.7. The summed E-state index contributed by atoms with van der Waals surface area (Å²) >= 11 is 0. The summed E-state index contributed by atoms with van der Waals surface area (Å²) in [6.45, 7) is 12.3. The number of carbonyl (C=O) groups is 2. The number of ketones is 1. The van der Waals surface area contributed by atoms with E-state index in [1.165, 1.54) is 13.3 Å². The number of fused-ring (bicyclic) bond motifs is 3. The van der Waals surface area contributed by atoms with Gasteiger partial charge in [0.2, 0.25) is 0 Å². The molecule has 0 radical (unpaired) electrons. The highest BCUT2D eigenvalue weighted by atomic mass is 16.9. The molecule has 2 saturated carbocycles. The van der Waals surface area contributed by atoms with Gasteiger partial charge in [-0.2, -0.15) is 0 Å². The van der Waals surface area contributed by atoms with Crippen LogP contribution in [0, 0.1) is 17.8 Å². The standard InChI is InChI=1S/C32H44O10/c1-7-8-9-10-11-12-13-14-29-40-26-22-25-28(16-33,39-25)27(36)30(37)21(15-18(4)23(30)35)32(22,42-29)19(5)24(38-20(6)34)31(26,41-29)17(2)3/h13-15,19,21-22,24-27,33,36-37H,2,7-12,16H2,1,3-6H3/b14-13+/t19-,21-,22+,24-,25+,26-,27-,28+,29-,30-,31+,32+/m1/s1. The highest BCUT2D eigenvalue weighted by molar-refractivity contribution is 6.05. The summed E-state index contributed by atoms with van der Waals surface area (Å²) in [5, 5.41) is 34.5. The molecule has 0 aromatic carbocycles. The van der Waals surface area contributed by atoms with Crippen molar-refractivity contribution >= 4 is 11.8 Å². The number of aliphatic hydroxyl groups excluding tert-OH is 2. The molecule has 3 bridgehead atoms. The number of rotatable bonds is 10. The van der Waals surface area contributed by atoms with Gasteiger partial charge >= 0.3 is 11.9 Å². The predicted molar refractivity (Wildman–Crippen MR) is 149 cm³/mol. The van der Waals surface area contributed by atoms with Crippen molar-refractivity contribution in [1.82, 2.24) is 0 Å². The zero-order chi connectivity index (χ0) is 30.5. The Morgan fingerprint density at radius 3 is 2.50 bits per heavy atom. The van der Waals surface area contributed by atoms with Crippen LogP contribution in [0.25, 0.3) is 0 Å². The summed E-state index contributed by atoms with van der Waals surface area (Å²) in [4.78, 5) is 26.2. The molecule has 0 spiro atoms. The highest BCUT2D eigenvalue weighted by Crippen LogP contribution is 2.73. The molecule has 6 aliphatic rings.